The van der Waals surface area contributed by atoms with Gasteiger partial charge >= 0.3 is 5.97 Å². The number of aliphatic carboxylic acids is 1. The molecule has 0 amide bonds. The number of aromatic nitrogens is 1. The van der Waals surface area contributed by atoms with Crippen molar-refractivity contribution in [1.82, 2.24) is 9.29 Å². The van der Waals surface area contributed by atoms with Crippen LogP contribution in [0.5, 0.6) is 0 Å². The van der Waals surface area contributed by atoms with Gasteiger partial charge < -0.3 is 14.8 Å². The zero-order valence-electron chi connectivity index (χ0n) is 10.3. The van der Waals surface area contributed by atoms with Crippen LogP contribution in [-0.4, -0.2) is 54.6 Å². The van der Waals surface area contributed by atoms with Crippen LogP contribution in [-0.2, 0) is 19.6 Å². The zero-order chi connectivity index (χ0) is 13.9. The van der Waals surface area contributed by atoms with E-state index in [2.05, 4.69) is 4.98 Å². The number of ether oxygens (including phenoxy) is 1. The Bertz CT molecular complexity index is 517. The molecule has 1 aliphatic rings. The van der Waals surface area contributed by atoms with Gasteiger partial charge in [-0.05, 0) is 18.9 Å². The third kappa shape index (κ3) is 3.34. The van der Waals surface area contributed by atoms with Crippen molar-refractivity contribution in [2.24, 2.45) is 0 Å². The van der Waals surface area contributed by atoms with Crippen LogP contribution in [0.3, 0.4) is 0 Å². The van der Waals surface area contributed by atoms with Crippen molar-refractivity contribution in [3.63, 3.8) is 0 Å². The molecule has 106 valence electrons. The lowest BCUT2D eigenvalue weighted by Crippen LogP contribution is -2.41. The smallest absolute Gasteiger partial charge is 0.329 e. The molecule has 0 atom stereocenters. The number of nitrogens with one attached hydrogen (secondary N) is 1. The first-order chi connectivity index (χ1) is 9.00. The second kappa shape index (κ2) is 5.72. The Labute approximate surface area is 111 Å². The van der Waals surface area contributed by atoms with Gasteiger partial charge in [-0.3, -0.25) is 0 Å². The predicted molar refractivity (Wildman–Crippen MR) is 66.2 cm³/mol. The van der Waals surface area contributed by atoms with Gasteiger partial charge in [-0.1, -0.05) is 0 Å². The molecule has 2 rings (SSSR count). The highest BCUT2D eigenvalue weighted by Crippen LogP contribution is 2.21. The van der Waals surface area contributed by atoms with E-state index in [9.17, 15) is 13.2 Å². The molecule has 2 heterocycles. The van der Waals surface area contributed by atoms with Gasteiger partial charge in [0.05, 0.1) is 11.0 Å². The van der Waals surface area contributed by atoms with Crippen LogP contribution in [0, 0.1) is 0 Å². The molecule has 1 aromatic rings. The summed E-state index contributed by atoms with van der Waals surface area (Å²) < 4.78 is 31.0. The molecule has 0 bridgehead atoms. The number of aromatic amines is 1. The van der Waals surface area contributed by atoms with Crippen LogP contribution < -0.4 is 0 Å². The van der Waals surface area contributed by atoms with Crippen LogP contribution in [0.2, 0.25) is 0 Å². The Morgan fingerprint density at radius 3 is 2.68 bits per heavy atom. The number of carbonyl (C=O) groups is 1. The summed E-state index contributed by atoms with van der Waals surface area (Å²) in [6.07, 6.45) is 3.85. The van der Waals surface area contributed by atoms with Crippen LogP contribution in [0.4, 0.5) is 0 Å². The minimum Gasteiger partial charge on any atom is -0.480 e. The van der Waals surface area contributed by atoms with Gasteiger partial charge in [0.2, 0.25) is 10.0 Å². The maximum atomic E-state index is 12.2. The monoisotopic (exact) mass is 288 g/mol. The van der Waals surface area contributed by atoms with E-state index in [0.717, 1.165) is 0 Å². The zero-order valence-corrected chi connectivity index (χ0v) is 11.1. The van der Waals surface area contributed by atoms with Gasteiger partial charge in [0.25, 0.3) is 0 Å². The first kappa shape index (κ1) is 14.0. The van der Waals surface area contributed by atoms with Crippen molar-refractivity contribution in [2.75, 3.05) is 19.7 Å². The number of carboxylic acids is 1. The van der Waals surface area contributed by atoms with Crippen LogP contribution in [0.15, 0.2) is 23.4 Å². The average molecular weight is 288 g/mol. The van der Waals surface area contributed by atoms with E-state index in [1.165, 1.54) is 16.6 Å². The second-order valence-electron chi connectivity index (χ2n) is 4.35. The quantitative estimate of drug-likeness (QED) is 0.810. The molecule has 0 saturated carbocycles. The Morgan fingerprint density at radius 1 is 1.47 bits per heavy atom. The normalized spacial score (nSPS) is 18.5. The number of carboxylic acid groups (broad SMARTS) is 1. The topological polar surface area (TPSA) is 99.7 Å². The third-order valence-corrected chi connectivity index (χ3v) is 4.95. The predicted octanol–water partition coefficient (Wildman–Crippen LogP) is 0.269. The lowest BCUT2D eigenvalue weighted by molar-refractivity contribution is -0.145. The molecule has 2 N–H and O–H groups in total. The average Bonchev–Trinajstić information content (AvgIpc) is 2.91. The molecule has 0 unspecified atom stereocenters. The summed E-state index contributed by atoms with van der Waals surface area (Å²) in [5.74, 6) is -1.01. The fourth-order valence-electron chi connectivity index (χ4n) is 2.05. The highest BCUT2D eigenvalue weighted by molar-refractivity contribution is 7.89. The molecule has 19 heavy (non-hydrogen) atoms. The summed E-state index contributed by atoms with van der Waals surface area (Å²) in [5.41, 5.74) is 0. The van der Waals surface area contributed by atoms with Crippen molar-refractivity contribution in [2.45, 2.75) is 23.8 Å². The van der Waals surface area contributed by atoms with E-state index in [4.69, 9.17) is 9.84 Å². The Morgan fingerprint density at radius 2 is 2.16 bits per heavy atom. The number of hydrogen-bond donors (Lipinski definition) is 2. The molecule has 0 aliphatic carbocycles. The van der Waals surface area contributed by atoms with E-state index >= 15 is 0 Å². The maximum Gasteiger partial charge on any atom is 0.329 e. The highest BCUT2D eigenvalue weighted by atomic mass is 32.2. The van der Waals surface area contributed by atoms with Crippen LogP contribution in [0.25, 0.3) is 0 Å². The van der Waals surface area contributed by atoms with E-state index in [0.29, 0.717) is 25.9 Å². The molecular weight excluding hydrogens is 272 g/mol. The molecule has 0 spiro atoms. The molecule has 8 heteroatoms. The summed E-state index contributed by atoms with van der Waals surface area (Å²) in [4.78, 5) is 13.4. The van der Waals surface area contributed by atoms with E-state index in [1.807, 2.05) is 0 Å². The highest BCUT2D eigenvalue weighted by Gasteiger charge is 2.30. The van der Waals surface area contributed by atoms with Gasteiger partial charge in [-0.15, -0.1) is 0 Å². The second-order valence-corrected chi connectivity index (χ2v) is 6.29. The first-order valence-corrected chi connectivity index (χ1v) is 7.40. The molecule has 0 radical (unpaired) electrons. The van der Waals surface area contributed by atoms with Gasteiger partial charge in [-0.2, -0.15) is 4.31 Å². The lowest BCUT2D eigenvalue weighted by Gasteiger charge is -2.30. The summed E-state index contributed by atoms with van der Waals surface area (Å²) in [6.45, 7) is 0.352. The lowest BCUT2D eigenvalue weighted by atomic mass is 10.1. The molecule has 0 aromatic carbocycles. The number of H-pyrrole nitrogens is 1. The van der Waals surface area contributed by atoms with Crippen molar-refractivity contribution in [1.29, 1.82) is 0 Å². The molecular formula is C11H16N2O5S. The summed E-state index contributed by atoms with van der Waals surface area (Å²) in [5, 5.41) is 8.52. The molecule has 1 aliphatic heterocycles. The fraction of sp³-hybridized carbons (Fsp3) is 0.545. The van der Waals surface area contributed by atoms with Crippen molar-refractivity contribution >= 4 is 16.0 Å². The maximum absolute atomic E-state index is 12.2. The van der Waals surface area contributed by atoms with Gasteiger partial charge in [0, 0.05) is 25.5 Å². The van der Waals surface area contributed by atoms with E-state index in [-0.39, 0.29) is 17.6 Å². The number of rotatable bonds is 5. The fourth-order valence-corrected chi connectivity index (χ4v) is 3.49. The van der Waals surface area contributed by atoms with E-state index < -0.39 is 16.0 Å². The van der Waals surface area contributed by atoms with Gasteiger partial charge in [-0.25, -0.2) is 13.2 Å². The Kier molecular flexibility index (Phi) is 4.23. The van der Waals surface area contributed by atoms with E-state index in [1.54, 1.807) is 6.20 Å². The SMILES string of the molecule is O=C(O)COC1CCN(S(=O)(=O)c2cc[nH]c2)CC1. The standard InChI is InChI=1S/C11H16N2O5S/c14-11(15)8-18-9-2-5-13(6-3-9)19(16,17)10-1-4-12-7-10/h1,4,7,9,12H,2-3,5-6,8H2,(H,14,15). The van der Waals surface area contributed by atoms with Crippen molar-refractivity contribution in [3.8, 4) is 0 Å². The van der Waals surface area contributed by atoms with Crippen LogP contribution >= 0.6 is 0 Å². The third-order valence-electron chi connectivity index (χ3n) is 3.05. The van der Waals surface area contributed by atoms with Gasteiger partial charge in [0.1, 0.15) is 6.61 Å². The molecule has 7 nitrogen and oxygen atoms in total. The molecule has 1 aromatic heterocycles. The molecule has 1 fully saturated rings. The summed E-state index contributed by atoms with van der Waals surface area (Å²) in [7, 11) is -3.44. The summed E-state index contributed by atoms with van der Waals surface area (Å²) >= 11 is 0. The number of hydrogen-bond acceptors (Lipinski definition) is 4. The molecule has 1 saturated heterocycles. The summed E-state index contributed by atoms with van der Waals surface area (Å²) in [6, 6.07) is 1.52. The first-order valence-electron chi connectivity index (χ1n) is 5.96. The van der Waals surface area contributed by atoms with Crippen LogP contribution in [0.1, 0.15) is 12.8 Å². The van der Waals surface area contributed by atoms with Crippen molar-refractivity contribution in [3.05, 3.63) is 18.5 Å². The number of piperidine rings is 1. The van der Waals surface area contributed by atoms with Gasteiger partial charge in [0.15, 0.2) is 0 Å². The Balaban J connectivity index is 1.91. The largest absolute Gasteiger partial charge is 0.480 e. The van der Waals surface area contributed by atoms with Crippen molar-refractivity contribution < 1.29 is 23.1 Å². The number of nitrogens with zero attached hydrogens (tertiary/aromatic N) is 1. The minimum atomic E-state index is -3.44. The minimum absolute atomic E-state index is 0.186. The number of sulfonamides is 1. The Hall–Kier alpha value is -1.38.